The van der Waals surface area contributed by atoms with Gasteiger partial charge in [0.05, 0.1) is 0 Å². The second kappa shape index (κ2) is 8.13. The van der Waals surface area contributed by atoms with Crippen LogP contribution in [0.5, 0.6) is 5.75 Å². The molecule has 0 amide bonds. The van der Waals surface area contributed by atoms with E-state index in [-0.39, 0.29) is 6.10 Å². The number of aryl methyl sites for hydroxylation is 1. The highest BCUT2D eigenvalue weighted by Gasteiger charge is 2.17. The molecule has 0 fully saturated rings. The lowest BCUT2D eigenvalue weighted by Gasteiger charge is -2.11. The number of hydrogen-bond acceptors (Lipinski definition) is 4. The maximum atomic E-state index is 5.95. The molecule has 5 nitrogen and oxygen atoms in total. The molecule has 0 aliphatic rings. The summed E-state index contributed by atoms with van der Waals surface area (Å²) in [5.74, 6) is 1.81. The molecule has 0 unspecified atom stereocenters. The van der Waals surface area contributed by atoms with Crippen LogP contribution in [-0.2, 0) is 6.42 Å². The summed E-state index contributed by atoms with van der Waals surface area (Å²) in [7, 11) is 0. The molecule has 0 aliphatic carbocycles. The van der Waals surface area contributed by atoms with Gasteiger partial charge in [0.2, 0.25) is 5.82 Å². The second-order valence-corrected chi connectivity index (χ2v) is 6.75. The lowest BCUT2D eigenvalue weighted by Crippen LogP contribution is -2.03. The van der Waals surface area contributed by atoms with Crippen molar-refractivity contribution < 1.29 is 9.26 Å². The van der Waals surface area contributed by atoms with E-state index in [9.17, 15) is 0 Å². The fraction of sp³-hybridized carbons (Fsp3) is 0.217. The van der Waals surface area contributed by atoms with Crippen LogP contribution in [0.1, 0.15) is 37.8 Å². The number of nitrogens with zero attached hydrogens (tertiary/aromatic N) is 3. The van der Waals surface area contributed by atoms with Gasteiger partial charge in [-0.2, -0.15) is 4.98 Å². The topological polar surface area (TPSA) is 53.1 Å². The van der Waals surface area contributed by atoms with Crippen LogP contribution in [0.3, 0.4) is 0 Å². The van der Waals surface area contributed by atoms with Gasteiger partial charge in [-0.15, -0.1) is 0 Å². The first-order chi connectivity index (χ1) is 13.7. The molecule has 2 aromatic heterocycles. The van der Waals surface area contributed by atoms with Gasteiger partial charge >= 0.3 is 0 Å². The van der Waals surface area contributed by atoms with Crippen molar-refractivity contribution in [3.63, 3.8) is 0 Å². The monoisotopic (exact) mass is 373 g/mol. The molecule has 0 radical (unpaired) electrons. The van der Waals surface area contributed by atoms with Crippen molar-refractivity contribution in [3.8, 4) is 22.8 Å². The van der Waals surface area contributed by atoms with E-state index in [1.54, 1.807) is 0 Å². The average Bonchev–Trinajstić information content (AvgIpc) is 3.42. The van der Waals surface area contributed by atoms with Gasteiger partial charge in [0.25, 0.3) is 5.89 Å². The fourth-order valence-corrected chi connectivity index (χ4v) is 3.08. The van der Waals surface area contributed by atoms with E-state index in [4.69, 9.17) is 9.26 Å². The van der Waals surface area contributed by atoms with Gasteiger partial charge in [0.15, 0.2) is 6.10 Å². The molecular formula is C23H23N3O2. The van der Waals surface area contributed by atoms with Crippen LogP contribution >= 0.6 is 0 Å². The van der Waals surface area contributed by atoms with Crippen LogP contribution in [0.4, 0.5) is 0 Å². The zero-order valence-corrected chi connectivity index (χ0v) is 16.1. The summed E-state index contributed by atoms with van der Waals surface area (Å²) in [6.45, 7) is 4.08. The first-order valence-electron chi connectivity index (χ1n) is 9.56. The quantitative estimate of drug-likeness (QED) is 0.422. The molecule has 0 spiro atoms. The summed E-state index contributed by atoms with van der Waals surface area (Å²) >= 11 is 0. The Bertz CT molecular complexity index is 1000. The number of aromatic nitrogens is 3. The predicted molar refractivity (Wildman–Crippen MR) is 109 cm³/mol. The highest BCUT2D eigenvalue weighted by Crippen LogP contribution is 2.24. The Morgan fingerprint density at radius 1 is 1.00 bits per heavy atom. The van der Waals surface area contributed by atoms with Crippen LogP contribution in [0.15, 0.2) is 77.6 Å². The van der Waals surface area contributed by atoms with Crippen molar-refractivity contribution in [3.05, 3.63) is 84.5 Å². The van der Waals surface area contributed by atoms with E-state index in [0.29, 0.717) is 11.7 Å². The Hall–Kier alpha value is -3.34. The molecule has 0 bridgehead atoms. The molecular weight excluding hydrogens is 350 g/mol. The minimum atomic E-state index is -0.322. The van der Waals surface area contributed by atoms with Gasteiger partial charge in [-0.3, -0.25) is 0 Å². The third kappa shape index (κ3) is 3.98. The summed E-state index contributed by atoms with van der Waals surface area (Å²) in [5, 5.41) is 4.11. The Morgan fingerprint density at radius 3 is 2.39 bits per heavy atom. The van der Waals surface area contributed by atoms with Gasteiger partial charge in [-0.1, -0.05) is 30.6 Å². The minimum absolute atomic E-state index is 0.322. The molecule has 1 atom stereocenters. The summed E-state index contributed by atoms with van der Waals surface area (Å²) in [4.78, 5) is 4.51. The summed E-state index contributed by atoms with van der Waals surface area (Å²) < 4.78 is 13.4. The molecule has 4 aromatic rings. The Kier molecular flexibility index (Phi) is 5.24. The van der Waals surface area contributed by atoms with Crippen molar-refractivity contribution in [1.82, 2.24) is 14.7 Å². The maximum absolute atomic E-state index is 5.95. The zero-order chi connectivity index (χ0) is 19.3. The smallest absolute Gasteiger partial charge is 0.267 e. The standard InChI is InChI=1S/C23H23N3O2/c1-3-6-18-7-13-21(14-8-18)27-17(2)23-24-22(25-28-23)19-9-11-20(12-10-19)26-15-4-5-16-26/h4-5,7-17H,3,6H2,1-2H3/t17-/m0/s1. The second-order valence-electron chi connectivity index (χ2n) is 6.75. The number of ether oxygens (including phenoxy) is 1. The van der Waals surface area contributed by atoms with E-state index in [2.05, 4.69) is 29.2 Å². The lowest BCUT2D eigenvalue weighted by atomic mass is 10.1. The normalized spacial score (nSPS) is 12.1. The van der Waals surface area contributed by atoms with Crippen LogP contribution in [-0.4, -0.2) is 14.7 Å². The van der Waals surface area contributed by atoms with E-state index < -0.39 is 0 Å². The predicted octanol–water partition coefficient (Wildman–Crippen LogP) is 5.62. The molecule has 0 aliphatic heterocycles. The van der Waals surface area contributed by atoms with Crippen molar-refractivity contribution >= 4 is 0 Å². The summed E-state index contributed by atoms with van der Waals surface area (Å²) in [6.07, 6.45) is 5.90. The first-order valence-corrected chi connectivity index (χ1v) is 9.56. The molecule has 142 valence electrons. The Labute approximate surface area is 164 Å². The molecule has 2 aromatic carbocycles. The van der Waals surface area contributed by atoms with Crippen LogP contribution in [0, 0.1) is 0 Å². The SMILES string of the molecule is CCCc1ccc(O[C@@H](C)c2nc(-c3ccc(-n4cccc4)cc3)no2)cc1. The summed E-state index contributed by atoms with van der Waals surface area (Å²) in [5.41, 5.74) is 3.30. The van der Waals surface area contributed by atoms with Crippen molar-refractivity contribution in [2.45, 2.75) is 32.8 Å². The van der Waals surface area contributed by atoms with E-state index in [0.717, 1.165) is 29.8 Å². The van der Waals surface area contributed by atoms with Crippen LogP contribution < -0.4 is 4.74 Å². The van der Waals surface area contributed by atoms with Crippen molar-refractivity contribution in [2.75, 3.05) is 0 Å². The molecule has 5 heteroatoms. The Morgan fingerprint density at radius 2 is 1.71 bits per heavy atom. The molecule has 0 saturated heterocycles. The van der Waals surface area contributed by atoms with Crippen molar-refractivity contribution in [2.24, 2.45) is 0 Å². The molecule has 28 heavy (non-hydrogen) atoms. The van der Waals surface area contributed by atoms with Gasteiger partial charge < -0.3 is 13.8 Å². The number of benzene rings is 2. The maximum Gasteiger partial charge on any atom is 0.267 e. The number of hydrogen-bond donors (Lipinski definition) is 0. The summed E-state index contributed by atoms with van der Waals surface area (Å²) in [6, 6.07) is 20.2. The van der Waals surface area contributed by atoms with Gasteiger partial charge in [-0.05, 0) is 67.4 Å². The van der Waals surface area contributed by atoms with Crippen LogP contribution in [0.25, 0.3) is 17.1 Å². The third-order valence-corrected chi connectivity index (χ3v) is 4.59. The highest BCUT2D eigenvalue weighted by atomic mass is 16.5. The molecule has 4 rings (SSSR count). The highest BCUT2D eigenvalue weighted by molar-refractivity contribution is 5.56. The van der Waals surface area contributed by atoms with Gasteiger partial charge in [0, 0.05) is 23.6 Å². The van der Waals surface area contributed by atoms with E-state index >= 15 is 0 Å². The van der Waals surface area contributed by atoms with Crippen LogP contribution in [0.2, 0.25) is 0 Å². The largest absolute Gasteiger partial charge is 0.481 e. The number of rotatable bonds is 7. The van der Waals surface area contributed by atoms with E-state index in [1.165, 1.54) is 5.56 Å². The first kappa shape index (κ1) is 18.0. The fourth-order valence-electron chi connectivity index (χ4n) is 3.08. The Balaban J connectivity index is 1.44. The minimum Gasteiger partial charge on any atom is -0.481 e. The zero-order valence-electron chi connectivity index (χ0n) is 16.1. The third-order valence-electron chi connectivity index (χ3n) is 4.59. The van der Waals surface area contributed by atoms with Gasteiger partial charge in [-0.25, -0.2) is 0 Å². The lowest BCUT2D eigenvalue weighted by molar-refractivity contribution is 0.176. The molecule has 0 N–H and O–H groups in total. The average molecular weight is 373 g/mol. The van der Waals surface area contributed by atoms with Crippen molar-refractivity contribution in [1.29, 1.82) is 0 Å². The molecule has 0 saturated carbocycles. The molecule has 2 heterocycles. The van der Waals surface area contributed by atoms with Gasteiger partial charge in [0.1, 0.15) is 5.75 Å². The van der Waals surface area contributed by atoms with E-state index in [1.807, 2.05) is 72.4 Å².